The van der Waals surface area contributed by atoms with Crippen molar-refractivity contribution in [3.8, 4) is 0 Å². The second-order valence-electron chi connectivity index (χ2n) is 5.73. The Kier molecular flexibility index (Phi) is 6.99. The Balaban J connectivity index is 2.44. The van der Waals surface area contributed by atoms with Crippen LogP contribution in [0.25, 0.3) is 0 Å². The first-order valence-electron chi connectivity index (χ1n) is 7.76. The highest BCUT2D eigenvalue weighted by Gasteiger charge is 2.26. The molecule has 0 aromatic rings. The van der Waals surface area contributed by atoms with Gasteiger partial charge in [-0.2, -0.15) is 0 Å². The second-order valence-corrected chi connectivity index (χ2v) is 5.73. The molecule has 0 saturated heterocycles. The van der Waals surface area contributed by atoms with Crippen LogP contribution in [0.2, 0.25) is 0 Å². The van der Waals surface area contributed by atoms with Crippen molar-refractivity contribution >= 4 is 11.8 Å². The van der Waals surface area contributed by atoms with Crippen LogP contribution in [0.5, 0.6) is 0 Å². The van der Waals surface area contributed by atoms with E-state index < -0.39 is 0 Å². The summed E-state index contributed by atoms with van der Waals surface area (Å²) in [6.07, 6.45) is 4.85. The van der Waals surface area contributed by atoms with Gasteiger partial charge in [0.1, 0.15) is 0 Å². The maximum absolute atomic E-state index is 12.2. The summed E-state index contributed by atoms with van der Waals surface area (Å²) in [6, 6.07) is 0.139. The molecule has 1 rings (SSSR count). The maximum atomic E-state index is 12.2. The van der Waals surface area contributed by atoms with Gasteiger partial charge in [0.25, 0.3) is 0 Å². The van der Waals surface area contributed by atoms with Crippen LogP contribution in [-0.4, -0.2) is 54.3 Å². The smallest absolute Gasteiger partial charge is 0.242 e. The third-order valence-electron chi connectivity index (χ3n) is 4.32. The molecular formula is C15H29N3O2. The molecule has 5 nitrogen and oxygen atoms in total. The number of hydrogen-bond acceptors (Lipinski definition) is 3. The lowest BCUT2D eigenvalue weighted by Crippen LogP contribution is -2.43. The van der Waals surface area contributed by atoms with E-state index >= 15 is 0 Å². The minimum atomic E-state index is 0.0128. The van der Waals surface area contributed by atoms with E-state index in [-0.39, 0.29) is 30.3 Å². The third kappa shape index (κ3) is 4.78. The van der Waals surface area contributed by atoms with Crippen molar-refractivity contribution in [2.45, 2.75) is 52.0 Å². The highest BCUT2D eigenvalue weighted by atomic mass is 16.2. The second kappa shape index (κ2) is 8.25. The molecule has 1 aliphatic carbocycles. The number of hydrogen-bond donors (Lipinski definition) is 1. The molecule has 20 heavy (non-hydrogen) atoms. The summed E-state index contributed by atoms with van der Waals surface area (Å²) < 4.78 is 0. The quantitative estimate of drug-likeness (QED) is 0.797. The van der Waals surface area contributed by atoms with Crippen LogP contribution in [0.3, 0.4) is 0 Å². The zero-order valence-corrected chi connectivity index (χ0v) is 13.1. The van der Waals surface area contributed by atoms with Crippen LogP contribution in [0.15, 0.2) is 0 Å². The minimum Gasteiger partial charge on any atom is -0.342 e. The summed E-state index contributed by atoms with van der Waals surface area (Å²) in [4.78, 5) is 27.5. The lowest BCUT2D eigenvalue weighted by Gasteiger charge is -2.30. The fourth-order valence-corrected chi connectivity index (χ4v) is 2.84. The molecule has 2 unspecified atom stereocenters. The maximum Gasteiger partial charge on any atom is 0.242 e. The van der Waals surface area contributed by atoms with Crippen molar-refractivity contribution < 1.29 is 9.59 Å². The van der Waals surface area contributed by atoms with Gasteiger partial charge in [-0.3, -0.25) is 9.59 Å². The van der Waals surface area contributed by atoms with Crippen molar-refractivity contribution in [2.24, 2.45) is 11.7 Å². The summed E-state index contributed by atoms with van der Waals surface area (Å²) in [5.41, 5.74) is 6.07. The Hall–Kier alpha value is -1.10. The van der Waals surface area contributed by atoms with Crippen molar-refractivity contribution in [3.63, 3.8) is 0 Å². The molecule has 1 saturated carbocycles. The molecule has 0 aromatic carbocycles. The Morgan fingerprint density at radius 2 is 1.70 bits per heavy atom. The number of carbonyl (C=O) groups excluding carboxylic acids is 2. The lowest BCUT2D eigenvalue weighted by atomic mass is 9.83. The average Bonchev–Trinajstić information content (AvgIpc) is 2.42. The van der Waals surface area contributed by atoms with Crippen LogP contribution in [0.1, 0.15) is 46.0 Å². The van der Waals surface area contributed by atoms with Crippen LogP contribution in [-0.2, 0) is 9.59 Å². The topological polar surface area (TPSA) is 66.6 Å². The van der Waals surface area contributed by atoms with Crippen molar-refractivity contribution in [2.75, 3.05) is 26.7 Å². The molecule has 0 radical (unpaired) electrons. The number of nitrogens with two attached hydrogens (primary N) is 1. The summed E-state index contributed by atoms with van der Waals surface area (Å²) in [7, 11) is 1.71. The van der Waals surface area contributed by atoms with E-state index in [9.17, 15) is 9.59 Å². The number of likely N-dealkylation sites (N-methyl/N-ethyl adjacent to an activating group) is 2. The number of rotatable bonds is 6. The normalized spacial score (nSPS) is 22.4. The first-order valence-corrected chi connectivity index (χ1v) is 7.76. The molecular weight excluding hydrogens is 254 g/mol. The molecule has 2 atom stereocenters. The standard InChI is InChI=1S/C15H29N3O2/c1-4-18(5-2)15(20)11-17(3)14(19)10-12-8-6-7-9-13(12)16/h12-13H,4-11,16H2,1-3H3. The Bertz CT molecular complexity index is 329. The van der Waals surface area contributed by atoms with E-state index in [4.69, 9.17) is 5.73 Å². The predicted molar refractivity (Wildman–Crippen MR) is 80.1 cm³/mol. The van der Waals surface area contributed by atoms with Crippen LogP contribution in [0, 0.1) is 5.92 Å². The lowest BCUT2D eigenvalue weighted by molar-refractivity contribution is -0.139. The average molecular weight is 283 g/mol. The molecule has 1 fully saturated rings. The Morgan fingerprint density at radius 3 is 2.25 bits per heavy atom. The van der Waals surface area contributed by atoms with E-state index in [0.29, 0.717) is 19.5 Å². The molecule has 0 heterocycles. The van der Waals surface area contributed by atoms with Crippen LogP contribution < -0.4 is 5.73 Å². The number of amides is 2. The Morgan fingerprint density at radius 1 is 1.10 bits per heavy atom. The zero-order valence-electron chi connectivity index (χ0n) is 13.1. The fourth-order valence-electron chi connectivity index (χ4n) is 2.84. The SMILES string of the molecule is CCN(CC)C(=O)CN(C)C(=O)CC1CCCCC1N. The summed E-state index contributed by atoms with van der Waals surface area (Å²) in [6.45, 7) is 5.44. The van der Waals surface area contributed by atoms with Gasteiger partial charge in [0.05, 0.1) is 6.54 Å². The van der Waals surface area contributed by atoms with Gasteiger partial charge in [0.15, 0.2) is 0 Å². The number of nitrogens with zero attached hydrogens (tertiary/aromatic N) is 2. The van der Waals surface area contributed by atoms with Crippen LogP contribution >= 0.6 is 0 Å². The van der Waals surface area contributed by atoms with E-state index in [1.807, 2.05) is 13.8 Å². The monoisotopic (exact) mass is 283 g/mol. The van der Waals surface area contributed by atoms with Gasteiger partial charge in [-0.1, -0.05) is 12.8 Å². The minimum absolute atomic E-state index is 0.0128. The van der Waals surface area contributed by atoms with Gasteiger partial charge in [-0.05, 0) is 32.6 Å². The van der Waals surface area contributed by atoms with E-state index in [0.717, 1.165) is 19.3 Å². The van der Waals surface area contributed by atoms with Gasteiger partial charge >= 0.3 is 0 Å². The van der Waals surface area contributed by atoms with E-state index in [1.54, 1.807) is 16.8 Å². The molecule has 1 aliphatic rings. The van der Waals surface area contributed by atoms with Crippen LogP contribution in [0.4, 0.5) is 0 Å². The summed E-state index contributed by atoms with van der Waals surface area (Å²) >= 11 is 0. The number of carbonyl (C=O) groups is 2. The van der Waals surface area contributed by atoms with Crippen molar-refractivity contribution in [1.82, 2.24) is 9.80 Å². The molecule has 0 bridgehead atoms. The van der Waals surface area contributed by atoms with Gasteiger partial charge in [0.2, 0.25) is 11.8 Å². The Labute approximate surface area is 122 Å². The summed E-state index contributed by atoms with van der Waals surface area (Å²) in [5, 5.41) is 0. The summed E-state index contributed by atoms with van der Waals surface area (Å²) in [5.74, 6) is 0.328. The molecule has 0 spiro atoms. The largest absolute Gasteiger partial charge is 0.342 e. The molecule has 0 aromatic heterocycles. The molecule has 2 amide bonds. The highest BCUT2D eigenvalue weighted by molar-refractivity contribution is 5.84. The first kappa shape index (κ1) is 17.0. The zero-order chi connectivity index (χ0) is 15.1. The third-order valence-corrected chi connectivity index (χ3v) is 4.32. The van der Waals surface area contributed by atoms with Gasteiger partial charge in [0, 0.05) is 32.6 Å². The fraction of sp³-hybridized carbons (Fsp3) is 0.867. The molecule has 0 aliphatic heterocycles. The first-order chi connectivity index (χ1) is 9.49. The molecule has 2 N–H and O–H groups in total. The van der Waals surface area contributed by atoms with E-state index in [2.05, 4.69) is 0 Å². The molecule has 5 heteroatoms. The molecule has 116 valence electrons. The van der Waals surface area contributed by atoms with Gasteiger partial charge in [-0.25, -0.2) is 0 Å². The van der Waals surface area contributed by atoms with Crippen molar-refractivity contribution in [3.05, 3.63) is 0 Å². The predicted octanol–water partition coefficient (Wildman–Crippen LogP) is 1.22. The van der Waals surface area contributed by atoms with Crippen molar-refractivity contribution in [1.29, 1.82) is 0 Å². The highest BCUT2D eigenvalue weighted by Crippen LogP contribution is 2.26. The van der Waals surface area contributed by atoms with Gasteiger partial charge < -0.3 is 15.5 Å². The van der Waals surface area contributed by atoms with Gasteiger partial charge in [-0.15, -0.1) is 0 Å². The van der Waals surface area contributed by atoms with E-state index in [1.165, 1.54) is 6.42 Å².